The average molecular weight is 376 g/mol. The fraction of sp³-hybridized carbons (Fsp3) is 0.238. The zero-order valence-corrected chi connectivity index (χ0v) is 15.3. The molecule has 142 valence electrons. The van der Waals surface area contributed by atoms with Crippen molar-refractivity contribution >= 4 is 21.9 Å². The van der Waals surface area contributed by atoms with Crippen LogP contribution in [0.3, 0.4) is 0 Å². The van der Waals surface area contributed by atoms with E-state index in [4.69, 9.17) is 20.2 Å². The van der Waals surface area contributed by atoms with Gasteiger partial charge in [-0.05, 0) is 31.2 Å². The first-order valence-electron chi connectivity index (χ1n) is 9.37. The first-order valence-corrected chi connectivity index (χ1v) is 9.37. The Labute approximate surface area is 160 Å². The zero-order valence-electron chi connectivity index (χ0n) is 15.3. The maximum Gasteiger partial charge on any atom is 0.275 e. The van der Waals surface area contributed by atoms with Crippen LogP contribution < -0.4 is 20.8 Å². The minimum absolute atomic E-state index is 0.231. The molecule has 0 bridgehead atoms. The second-order valence-electron chi connectivity index (χ2n) is 6.80. The molecule has 0 aliphatic carbocycles. The van der Waals surface area contributed by atoms with E-state index in [1.807, 2.05) is 30.5 Å². The molecule has 1 aliphatic heterocycles. The number of aryl methyl sites for hydroxylation is 1. The monoisotopic (exact) mass is 376 g/mol. The number of nitrogens with one attached hydrogen (secondary N) is 1. The molecule has 0 spiro atoms. The van der Waals surface area contributed by atoms with Gasteiger partial charge >= 0.3 is 0 Å². The number of fused-ring (bicyclic) bond motifs is 4. The number of aromatic nitrogens is 3. The molecule has 0 unspecified atom stereocenters. The van der Waals surface area contributed by atoms with Gasteiger partial charge < -0.3 is 24.8 Å². The average Bonchev–Trinajstić information content (AvgIpc) is 3.10. The van der Waals surface area contributed by atoms with E-state index in [1.54, 1.807) is 12.1 Å². The highest BCUT2D eigenvalue weighted by Gasteiger charge is 2.20. The fourth-order valence-corrected chi connectivity index (χ4v) is 3.72. The van der Waals surface area contributed by atoms with Crippen molar-refractivity contribution in [2.24, 2.45) is 5.73 Å². The van der Waals surface area contributed by atoms with E-state index in [9.17, 15) is 4.79 Å². The summed E-state index contributed by atoms with van der Waals surface area (Å²) in [6.45, 7) is 2.36. The lowest BCUT2D eigenvalue weighted by Crippen LogP contribution is -2.17. The topological polar surface area (TPSA) is 95.2 Å². The smallest absolute Gasteiger partial charge is 0.275 e. The van der Waals surface area contributed by atoms with E-state index in [1.165, 1.54) is 0 Å². The third-order valence-corrected chi connectivity index (χ3v) is 5.02. The van der Waals surface area contributed by atoms with Gasteiger partial charge in [0.25, 0.3) is 5.56 Å². The van der Waals surface area contributed by atoms with Gasteiger partial charge in [0, 0.05) is 29.2 Å². The second kappa shape index (κ2) is 6.69. The minimum atomic E-state index is -0.231. The molecular formula is C21H20N4O3. The van der Waals surface area contributed by atoms with E-state index in [0.29, 0.717) is 48.0 Å². The number of nitrogens with two attached hydrogens (primary N) is 1. The van der Waals surface area contributed by atoms with Crippen LogP contribution in [0.5, 0.6) is 11.5 Å². The molecule has 7 heteroatoms. The summed E-state index contributed by atoms with van der Waals surface area (Å²) in [6.07, 6.45) is 2.84. The molecule has 0 saturated heterocycles. The number of ether oxygens (including phenoxy) is 2. The summed E-state index contributed by atoms with van der Waals surface area (Å²) in [5.74, 6) is 1.22. The van der Waals surface area contributed by atoms with E-state index in [-0.39, 0.29) is 5.56 Å². The Morgan fingerprint density at radius 2 is 2.00 bits per heavy atom. The second-order valence-corrected chi connectivity index (χ2v) is 6.80. The van der Waals surface area contributed by atoms with Crippen LogP contribution in [0.1, 0.15) is 6.42 Å². The van der Waals surface area contributed by atoms with Gasteiger partial charge in [0.1, 0.15) is 24.4 Å². The number of para-hydroxylation sites is 1. The normalized spacial score (nSPS) is 13.3. The van der Waals surface area contributed by atoms with Gasteiger partial charge in [-0.25, -0.2) is 4.98 Å². The van der Waals surface area contributed by atoms with Crippen molar-refractivity contribution < 1.29 is 9.47 Å². The Hall–Kier alpha value is -3.32. The van der Waals surface area contributed by atoms with Crippen molar-refractivity contribution in [2.45, 2.75) is 13.0 Å². The third kappa shape index (κ3) is 2.63. The predicted molar refractivity (Wildman–Crippen MR) is 108 cm³/mol. The lowest BCUT2D eigenvalue weighted by atomic mass is 10.1. The van der Waals surface area contributed by atoms with Crippen LogP contribution in [-0.2, 0) is 6.54 Å². The molecule has 0 saturated carbocycles. The number of nitrogens with zero attached hydrogens (tertiary/aromatic N) is 2. The molecule has 0 atom stereocenters. The Kier molecular flexibility index (Phi) is 4.02. The van der Waals surface area contributed by atoms with Gasteiger partial charge in [0.2, 0.25) is 0 Å². The maximum absolute atomic E-state index is 12.8. The van der Waals surface area contributed by atoms with Crippen LogP contribution in [0.2, 0.25) is 0 Å². The number of hydrogen-bond donors (Lipinski definition) is 2. The molecule has 0 fully saturated rings. The lowest BCUT2D eigenvalue weighted by molar-refractivity contribution is 0.173. The van der Waals surface area contributed by atoms with Gasteiger partial charge in [-0.15, -0.1) is 0 Å². The van der Waals surface area contributed by atoms with Gasteiger partial charge in [-0.1, -0.05) is 18.2 Å². The molecule has 7 nitrogen and oxygen atoms in total. The van der Waals surface area contributed by atoms with E-state index >= 15 is 0 Å². The zero-order chi connectivity index (χ0) is 19.1. The van der Waals surface area contributed by atoms with E-state index < -0.39 is 0 Å². The van der Waals surface area contributed by atoms with Crippen LogP contribution >= 0.6 is 0 Å². The molecule has 3 N–H and O–H groups in total. The SMILES string of the molecule is NCCCn1cc(-c2nc3c4c(ccc3[nH]c2=O)OCCO4)c2ccccc21. The van der Waals surface area contributed by atoms with Gasteiger partial charge in [-0.2, -0.15) is 0 Å². The quantitative estimate of drug-likeness (QED) is 0.571. The van der Waals surface area contributed by atoms with Crippen molar-refractivity contribution in [3.63, 3.8) is 0 Å². The standard InChI is InChI=1S/C21H20N4O3/c22-8-3-9-25-12-14(13-4-1-2-5-16(13)25)18-21(26)23-15-6-7-17-20(19(15)24-18)28-11-10-27-17/h1-2,4-7,12H,3,8-11,22H2,(H,23,26). The summed E-state index contributed by atoms with van der Waals surface area (Å²) in [6, 6.07) is 11.6. The molecule has 0 radical (unpaired) electrons. The highest BCUT2D eigenvalue weighted by molar-refractivity contribution is 5.96. The molecule has 2 aromatic carbocycles. The fourth-order valence-electron chi connectivity index (χ4n) is 3.72. The Balaban J connectivity index is 1.75. The highest BCUT2D eigenvalue weighted by atomic mass is 16.6. The van der Waals surface area contributed by atoms with Gasteiger partial charge in [0.15, 0.2) is 11.5 Å². The summed E-state index contributed by atoms with van der Waals surface area (Å²) >= 11 is 0. The van der Waals surface area contributed by atoms with E-state index in [0.717, 1.165) is 29.4 Å². The van der Waals surface area contributed by atoms with Crippen molar-refractivity contribution in [2.75, 3.05) is 19.8 Å². The molecule has 1 aliphatic rings. The summed E-state index contributed by atoms with van der Waals surface area (Å²) in [7, 11) is 0. The molecule has 0 amide bonds. The molecular weight excluding hydrogens is 356 g/mol. The Bertz CT molecular complexity index is 1240. The largest absolute Gasteiger partial charge is 0.486 e. The number of benzene rings is 2. The first kappa shape index (κ1) is 16.8. The summed E-state index contributed by atoms with van der Waals surface area (Å²) in [5, 5.41) is 0.985. The minimum Gasteiger partial charge on any atom is -0.486 e. The predicted octanol–water partition coefficient (Wildman–Crippen LogP) is 2.66. The van der Waals surface area contributed by atoms with Crippen molar-refractivity contribution in [1.82, 2.24) is 14.5 Å². The molecule has 28 heavy (non-hydrogen) atoms. The third-order valence-electron chi connectivity index (χ3n) is 5.02. The number of aromatic amines is 1. The first-order chi connectivity index (χ1) is 13.8. The Morgan fingerprint density at radius 1 is 1.14 bits per heavy atom. The Morgan fingerprint density at radius 3 is 2.89 bits per heavy atom. The van der Waals surface area contributed by atoms with Crippen LogP contribution in [0, 0.1) is 0 Å². The van der Waals surface area contributed by atoms with Crippen molar-refractivity contribution in [1.29, 1.82) is 0 Å². The lowest BCUT2D eigenvalue weighted by Gasteiger charge is -2.19. The number of H-pyrrole nitrogens is 1. The van der Waals surface area contributed by atoms with Crippen LogP contribution in [0.15, 0.2) is 47.4 Å². The molecule has 3 heterocycles. The van der Waals surface area contributed by atoms with Gasteiger partial charge in [0.05, 0.1) is 5.52 Å². The maximum atomic E-state index is 12.8. The highest BCUT2D eigenvalue weighted by Crippen LogP contribution is 2.37. The summed E-state index contributed by atoms with van der Waals surface area (Å²) in [4.78, 5) is 20.5. The summed E-state index contributed by atoms with van der Waals surface area (Å²) in [5.41, 5.74) is 8.91. The summed E-state index contributed by atoms with van der Waals surface area (Å²) < 4.78 is 13.6. The van der Waals surface area contributed by atoms with Gasteiger partial charge in [-0.3, -0.25) is 4.79 Å². The number of hydrogen-bond acceptors (Lipinski definition) is 5. The van der Waals surface area contributed by atoms with Crippen molar-refractivity contribution in [3.05, 3.63) is 52.9 Å². The van der Waals surface area contributed by atoms with E-state index in [2.05, 4.69) is 9.55 Å². The molecule has 5 rings (SSSR count). The van der Waals surface area contributed by atoms with Crippen LogP contribution in [-0.4, -0.2) is 34.3 Å². The van der Waals surface area contributed by atoms with Crippen molar-refractivity contribution in [3.8, 4) is 22.8 Å². The van der Waals surface area contributed by atoms with Crippen LogP contribution in [0.25, 0.3) is 33.2 Å². The molecule has 4 aromatic rings. The van der Waals surface area contributed by atoms with Crippen LogP contribution in [0.4, 0.5) is 0 Å². The number of rotatable bonds is 4. The molecule has 2 aromatic heterocycles.